The Morgan fingerprint density at radius 3 is 2.59 bits per heavy atom. The van der Waals surface area contributed by atoms with Crippen LogP contribution in [0.5, 0.6) is 0 Å². The van der Waals surface area contributed by atoms with Crippen LogP contribution < -0.4 is 0 Å². The minimum absolute atomic E-state index is 0.0146. The van der Waals surface area contributed by atoms with Crippen molar-refractivity contribution in [1.82, 2.24) is 9.78 Å². The van der Waals surface area contributed by atoms with Gasteiger partial charge in [0, 0.05) is 7.05 Å². The lowest BCUT2D eigenvalue weighted by atomic mass is 10.1. The monoisotopic (exact) mass is 253 g/mol. The summed E-state index contributed by atoms with van der Waals surface area (Å²) in [4.78, 5) is 11.1. The zero-order valence-electron chi connectivity index (χ0n) is 10.3. The lowest BCUT2D eigenvalue weighted by Gasteiger charge is -2.15. The first-order valence-corrected chi connectivity index (χ1v) is 6.09. The van der Waals surface area contributed by atoms with Gasteiger partial charge >= 0.3 is 5.97 Å². The third-order valence-corrected chi connectivity index (χ3v) is 4.06. The van der Waals surface area contributed by atoms with Crippen molar-refractivity contribution in [1.29, 1.82) is 5.26 Å². The fourth-order valence-electron chi connectivity index (χ4n) is 1.49. The number of aryl methyl sites for hydroxylation is 2. The van der Waals surface area contributed by atoms with E-state index in [0.29, 0.717) is 16.3 Å². The van der Waals surface area contributed by atoms with Crippen LogP contribution in [-0.2, 0) is 11.8 Å². The number of rotatable bonds is 4. The highest BCUT2D eigenvalue weighted by atomic mass is 32.2. The van der Waals surface area contributed by atoms with E-state index in [9.17, 15) is 4.79 Å². The molecule has 0 aromatic carbocycles. The van der Waals surface area contributed by atoms with E-state index in [0.717, 1.165) is 0 Å². The minimum Gasteiger partial charge on any atom is -0.480 e. The van der Waals surface area contributed by atoms with E-state index in [1.165, 1.54) is 11.8 Å². The molecule has 0 amide bonds. The summed E-state index contributed by atoms with van der Waals surface area (Å²) < 4.78 is 1.57. The lowest BCUT2D eigenvalue weighted by molar-refractivity contribution is -0.137. The van der Waals surface area contributed by atoms with Crippen molar-refractivity contribution in [2.45, 2.75) is 31.0 Å². The number of carboxylic acid groups (broad SMARTS) is 1. The second-order valence-corrected chi connectivity index (χ2v) is 5.25. The summed E-state index contributed by atoms with van der Waals surface area (Å²) in [5, 5.41) is 22.3. The number of aromatic nitrogens is 2. The fourth-order valence-corrected chi connectivity index (χ4v) is 2.61. The summed E-state index contributed by atoms with van der Waals surface area (Å²) in [5.74, 6) is -0.882. The van der Waals surface area contributed by atoms with Crippen LogP contribution in [0, 0.1) is 24.2 Å². The molecule has 1 atom stereocenters. The Morgan fingerprint density at radius 1 is 1.59 bits per heavy atom. The molecule has 1 heterocycles. The molecule has 5 nitrogen and oxygen atoms in total. The number of hydrogen-bond donors (Lipinski definition) is 1. The Bertz CT molecular complexity index is 474. The van der Waals surface area contributed by atoms with E-state index in [-0.39, 0.29) is 5.92 Å². The highest BCUT2D eigenvalue weighted by Crippen LogP contribution is 2.31. The molecule has 1 N–H and O–H groups in total. The maximum Gasteiger partial charge on any atom is 0.317 e. The van der Waals surface area contributed by atoms with Crippen LogP contribution in [0.2, 0.25) is 0 Å². The van der Waals surface area contributed by atoms with Crippen LogP contribution in [0.4, 0.5) is 0 Å². The van der Waals surface area contributed by atoms with Gasteiger partial charge in [-0.3, -0.25) is 9.48 Å². The number of aliphatic carboxylic acids is 1. The van der Waals surface area contributed by atoms with Gasteiger partial charge in [-0.1, -0.05) is 25.6 Å². The molecule has 1 rings (SSSR count). The number of nitrogens with zero attached hydrogens (tertiary/aromatic N) is 3. The van der Waals surface area contributed by atoms with Gasteiger partial charge in [0.2, 0.25) is 0 Å². The molecule has 0 bridgehead atoms. The van der Waals surface area contributed by atoms with Crippen molar-refractivity contribution in [3.63, 3.8) is 0 Å². The lowest BCUT2D eigenvalue weighted by Crippen LogP contribution is -2.23. The molecular weight excluding hydrogens is 238 g/mol. The van der Waals surface area contributed by atoms with Gasteiger partial charge in [-0.05, 0) is 12.8 Å². The summed E-state index contributed by atoms with van der Waals surface area (Å²) in [6, 6.07) is 2.07. The van der Waals surface area contributed by atoms with E-state index >= 15 is 0 Å². The predicted octanol–water partition coefficient (Wildman–Crippen LogP) is 1.80. The van der Waals surface area contributed by atoms with Gasteiger partial charge in [-0.15, -0.1) is 0 Å². The van der Waals surface area contributed by atoms with Gasteiger partial charge in [0.25, 0.3) is 0 Å². The molecule has 0 aliphatic carbocycles. The second-order valence-electron chi connectivity index (χ2n) is 4.12. The average Bonchev–Trinajstić information content (AvgIpc) is 2.48. The molecular formula is C11H15N3O2S. The third-order valence-electron chi connectivity index (χ3n) is 2.37. The highest BCUT2D eigenvalue weighted by Gasteiger charge is 2.26. The van der Waals surface area contributed by atoms with Crippen LogP contribution in [-0.4, -0.2) is 26.1 Å². The molecule has 0 aliphatic rings. The Kier molecular flexibility index (Phi) is 4.18. The standard InChI is InChI=1S/C11H15N3O2S/c1-6(2)9(11(15)16)17-10-8(5-12)7(3)13-14(10)4/h6,9H,1-4H3,(H,15,16). The van der Waals surface area contributed by atoms with E-state index < -0.39 is 11.2 Å². The van der Waals surface area contributed by atoms with Crippen LogP contribution in [0.15, 0.2) is 5.03 Å². The zero-order chi connectivity index (χ0) is 13.2. The SMILES string of the molecule is Cc1nn(C)c(SC(C(=O)O)C(C)C)c1C#N. The molecule has 1 aromatic heterocycles. The van der Waals surface area contributed by atoms with Gasteiger partial charge in [-0.25, -0.2) is 0 Å². The first-order chi connectivity index (χ1) is 7.88. The van der Waals surface area contributed by atoms with Crippen molar-refractivity contribution in [2.75, 3.05) is 0 Å². The molecule has 0 radical (unpaired) electrons. The maximum absolute atomic E-state index is 11.1. The van der Waals surface area contributed by atoms with Gasteiger partial charge in [0.1, 0.15) is 21.9 Å². The summed E-state index contributed by atoms with van der Waals surface area (Å²) >= 11 is 1.18. The molecule has 17 heavy (non-hydrogen) atoms. The smallest absolute Gasteiger partial charge is 0.317 e. The molecule has 1 unspecified atom stereocenters. The Hall–Kier alpha value is -1.48. The molecule has 92 valence electrons. The van der Waals surface area contributed by atoms with Gasteiger partial charge in [-0.2, -0.15) is 10.4 Å². The first-order valence-electron chi connectivity index (χ1n) is 5.21. The van der Waals surface area contributed by atoms with Crippen molar-refractivity contribution >= 4 is 17.7 Å². The summed E-state index contributed by atoms with van der Waals surface area (Å²) in [6.45, 7) is 5.44. The van der Waals surface area contributed by atoms with Crippen LogP contribution in [0.1, 0.15) is 25.1 Å². The van der Waals surface area contributed by atoms with Crippen molar-refractivity contribution < 1.29 is 9.90 Å². The van der Waals surface area contributed by atoms with Crippen LogP contribution in [0.25, 0.3) is 0 Å². The van der Waals surface area contributed by atoms with Gasteiger partial charge in [0.05, 0.1) is 5.69 Å². The van der Waals surface area contributed by atoms with E-state index in [1.54, 1.807) is 18.7 Å². The van der Waals surface area contributed by atoms with Gasteiger partial charge < -0.3 is 5.11 Å². The predicted molar refractivity (Wildman–Crippen MR) is 64.8 cm³/mol. The first kappa shape index (κ1) is 13.6. The van der Waals surface area contributed by atoms with Crippen molar-refractivity contribution in [3.05, 3.63) is 11.3 Å². The second kappa shape index (κ2) is 5.23. The Balaban J connectivity index is 3.10. The molecule has 1 aromatic rings. The van der Waals surface area contributed by atoms with Crippen molar-refractivity contribution in [2.24, 2.45) is 13.0 Å². The molecule has 0 saturated carbocycles. The average molecular weight is 253 g/mol. The molecule has 0 saturated heterocycles. The normalized spacial score (nSPS) is 12.5. The van der Waals surface area contributed by atoms with E-state index in [2.05, 4.69) is 11.2 Å². The Labute approximate surface area is 104 Å². The zero-order valence-corrected chi connectivity index (χ0v) is 11.1. The quantitative estimate of drug-likeness (QED) is 0.828. The van der Waals surface area contributed by atoms with Crippen molar-refractivity contribution in [3.8, 4) is 6.07 Å². The molecule has 0 aliphatic heterocycles. The number of hydrogen-bond acceptors (Lipinski definition) is 4. The number of carbonyl (C=O) groups is 1. The molecule has 0 spiro atoms. The summed E-state index contributed by atoms with van der Waals surface area (Å²) in [6.07, 6.45) is 0. The third kappa shape index (κ3) is 2.80. The molecule has 0 fully saturated rings. The largest absolute Gasteiger partial charge is 0.480 e. The number of nitriles is 1. The summed E-state index contributed by atoms with van der Waals surface area (Å²) in [7, 11) is 1.72. The highest BCUT2D eigenvalue weighted by molar-refractivity contribution is 8.00. The van der Waals surface area contributed by atoms with E-state index in [1.807, 2.05) is 13.8 Å². The fraction of sp³-hybridized carbons (Fsp3) is 0.545. The Morgan fingerprint density at radius 2 is 2.18 bits per heavy atom. The van der Waals surface area contributed by atoms with E-state index in [4.69, 9.17) is 10.4 Å². The van der Waals surface area contributed by atoms with Crippen LogP contribution >= 0.6 is 11.8 Å². The minimum atomic E-state index is -0.868. The topological polar surface area (TPSA) is 78.9 Å². The number of carboxylic acids is 1. The number of thioether (sulfide) groups is 1. The molecule has 6 heteroatoms. The maximum atomic E-state index is 11.1. The van der Waals surface area contributed by atoms with Gasteiger partial charge in [0.15, 0.2) is 0 Å². The van der Waals surface area contributed by atoms with Crippen LogP contribution in [0.3, 0.4) is 0 Å². The summed E-state index contributed by atoms with van der Waals surface area (Å²) in [5.41, 5.74) is 1.09.